The van der Waals surface area contributed by atoms with Crippen LogP contribution in [-0.2, 0) is 11.3 Å². The van der Waals surface area contributed by atoms with E-state index in [1.165, 1.54) is 0 Å². The lowest BCUT2D eigenvalue weighted by atomic mass is 10.0. The van der Waals surface area contributed by atoms with Gasteiger partial charge in [-0.3, -0.25) is 9.80 Å². The van der Waals surface area contributed by atoms with E-state index >= 15 is 0 Å². The summed E-state index contributed by atoms with van der Waals surface area (Å²) in [5.41, 5.74) is 2.15. The average Bonchev–Trinajstić information content (AvgIpc) is 3.17. The van der Waals surface area contributed by atoms with E-state index in [9.17, 15) is 13.6 Å². The summed E-state index contributed by atoms with van der Waals surface area (Å²) in [5, 5.41) is 3.30. The van der Waals surface area contributed by atoms with Crippen LogP contribution in [0.4, 0.5) is 25.3 Å². The fourth-order valence-electron chi connectivity index (χ4n) is 4.23. The highest BCUT2D eigenvalue weighted by Crippen LogP contribution is 2.29. The van der Waals surface area contributed by atoms with Gasteiger partial charge in [-0.15, -0.1) is 0 Å². The predicted molar refractivity (Wildman–Crippen MR) is 122 cm³/mol. The molecule has 2 aromatic rings. The summed E-state index contributed by atoms with van der Waals surface area (Å²) in [6, 6.07) is 9.72. The monoisotopic (exact) mass is 459 g/mol. The third-order valence-electron chi connectivity index (χ3n) is 6.38. The first-order chi connectivity index (χ1) is 15.7. The topological polar surface area (TPSA) is 70.6 Å². The highest BCUT2D eigenvalue weighted by atomic mass is 19.3. The number of halogens is 2. The highest BCUT2D eigenvalue weighted by molar-refractivity contribution is 5.89. The highest BCUT2D eigenvalue weighted by Gasteiger charge is 2.37. The smallest absolute Gasteiger partial charge is 0.415 e. The van der Waals surface area contributed by atoms with Crippen LogP contribution in [0, 0.1) is 5.92 Å². The van der Waals surface area contributed by atoms with E-state index < -0.39 is 5.92 Å². The van der Waals surface area contributed by atoms with Crippen LogP contribution in [0.2, 0.25) is 0 Å². The van der Waals surface area contributed by atoms with Gasteiger partial charge in [-0.1, -0.05) is 38.1 Å². The maximum Gasteiger partial charge on any atom is 0.415 e. The number of hydrogen-bond acceptors (Lipinski definition) is 6. The molecular weight excluding hydrogens is 428 g/mol. The van der Waals surface area contributed by atoms with E-state index in [-0.39, 0.29) is 36.9 Å². The van der Waals surface area contributed by atoms with Crippen LogP contribution in [0.15, 0.2) is 36.5 Å². The van der Waals surface area contributed by atoms with Gasteiger partial charge in [0.25, 0.3) is 5.92 Å². The molecule has 1 unspecified atom stereocenters. The quantitative estimate of drug-likeness (QED) is 0.638. The number of rotatable bonds is 7. The van der Waals surface area contributed by atoms with Crippen molar-refractivity contribution in [3.8, 4) is 0 Å². The first-order valence-electron chi connectivity index (χ1n) is 11.5. The van der Waals surface area contributed by atoms with Gasteiger partial charge < -0.3 is 10.1 Å². The second kappa shape index (κ2) is 9.59. The minimum absolute atomic E-state index is 0.0589. The van der Waals surface area contributed by atoms with Crippen molar-refractivity contribution in [2.45, 2.75) is 58.2 Å². The molecule has 0 bridgehead atoms. The maximum absolute atomic E-state index is 13.4. The molecule has 1 N–H and O–H groups in total. The number of benzene rings is 1. The number of likely N-dealkylation sites (tertiary alicyclic amines) is 1. The van der Waals surface area contributed by atoms with E-state index in [1.807, 2.05) is 45.0 Å². The molecule has 2 atom stereocenters. The number of nitrogens with one attached hydrogen (secondary N) is 1. The van der Waals surface area contributed by atoms with Crippen molar-refractivity contribution < 1.29 is 18.3 Å². The van der Waals surface area contributed by atoms with Gasteiger partial charge in [0.1, 0.15) is 12.4 Å². The van der Waals surface area contributed by atoms with Gasteiger partial charge in [-0.25, -0.2) is 18.6 Å². The first-order valence-corrected chi connectivity index (χ1v) is 11.5. The molecule has 2 aliphatic rings. The molecule has 178 valence electrons. The number of carbonyl (C=O) groups is 1. The second-order valence-corrected chi connectivity index (χ2v) is 9.24. The summed E-state index contributed by atoms with van der Waals surface area (Å²) in [6.45, 7) is 7.97. The number of anilines is 2. The molecule has 0 spiro atoms. The predicted octanol–water partition coefficient (Wildman–Crippen LogP) is 4.86. The normalized spacial score (nSPS) is 21.8. The molecule has 0 aliphatic carbocycles. The number of amides is 1. The van der Waals surface area contributed by atoms with E-state index in [0.717, 1.165) is 11.1 Å². The summed E-state index contributed by atoms with van der Waals surface area (Å²) in [4.78, 5) is 24.7. The van der Waals surface area contributed by atoms with Crippen LogP contribution in [0.3, 0.4) is 0 Å². The Kier molecular flexibility index (Phi) is 6.78. The molecule has 33 heavy (non-hydrogen) atoms. The van der Waals surface area contributed by atoms with Gasteiger partial charge in [0.15, 0.2) is 0 Å². The Hall–Kier alpha value is -2.81. The van der Waals surface area contributed by atoms with E-state index in [1.54, 1.807) is 17.2 Å². The Bertz CT molecular complexity index is 960. The summed E-state index contributed by atoms with van der Waals surface area (Å²) in [5.74, 6) is -1.34. The zero-order valence-corrected chi connectivity index (χ0v) is 19.3. The number of alkyl halides is 2. The molecule has 9 heteroatoms. The van der Waals surface area contributed by atoms with E-state index in [2.05, 4.69) is 20.2 Å². The molecular formula is C24H31F2N5O2. The summed E-state index contributed by atoms with van der Waals surface area (Å²) in [7, 11) is 0. The van der Waals surface area contributed by atoms with Gasteiger partial charge >= 0.3 is 6.09 Å². The third kappa shape index (κ3) is 5.58. The molecule has 3 heterocycles. The first kappa shape index (κ1) is 23.4. The minimum atomic E-state index is -2.52. The number of hydrogen-bond donors (Lipinski definition) is 1. The number of piperidine rings is 1. The average molecular weight is 460 g/mol. The summed E-state index contributed by atoms with van der Waals surface area (Å²) < 4.78 is 31.9. The van der Waals surface area contributed by atoms with Crippen LogP contribution in [-0.4, -0.2) is 52.6 Å². The van der Waals surface area contributed by atoms with Crippen molar-refractivity contribution in [1.82, 2.24) is 14.9 Å². The van der Waals surface area contributed by atoms with Crippen molar-refractivity contribution in [3.63, 3.8) is 0 Å². The molecule has 2 saturated heterocycles. The van der Waals surface area contributed by atoms with E-state index in [0.29, 0.717) is 38.0 Å². The molecule has 7 nitrogen and oxygen atoms in total. The molecule has 0 radical (unpaired) electrons. The minimum Gasteiger partial charge on any atom is -0.447 e. The Labute approximate surface area is 193 Å². The van der Waals surface area contributed by atoms with Gasteiger partial charge in [0, 0.05) is 38.7 Å². The molecule has 1 aromatic carbocycles. The zero-order valence-electron chi connectivity index (χ0n) is 19.3. The Morgan fingerprint density at radius 2 is 1.85 bits per heavy atom. The number of carbonyl (C=O) groups excluding carboxylic acids is 1. The fourth-order valence-corrected chi connectivity index (χ4v) is 4.23. The largest absolute Gasteiger partial charge is 0.447 e. The van der Waals surface area contributed by atoms with Gasteiger partial charge in [0.2, 0.25) is 5.95 Å². The van der Waals surface area contributed by atoms with Crippen LogP contribution < -0.4 is 10.2 Å². The van der Waals surface area contributed by atoms with Gasteiger partial charge in [-0.2, -0.15) is 4.98 Å². The summed E-state index contributed by atoms with van der Waals surface area (Å²) >= 11 is 0. The maximum atomic E-state index is 13.4. The van der Waals surface area contributed by atoms with Crippen molar-refractivity contribution in [2.24, 2.45) is 5.92 Å². The van der Waals surface area contributed by atoms with E-state index in [4.69, 9.17) is 4.74 Å². The van der Waals surface area contributed by atoms with Crippen molar-refractivity contribution in [1.29, 1.82) is 0 Å². The van der Waals surface area contributed by atoms with Crippen molar-refractivity contribution >= 4 is 17.9 Å². The molecule has 2 fully saturated rings. The second-order valence-electron chi connectivity index (χ2n) is 9.24. The fraction of sp³-hybridized carbons (Fsp3) is 0.542. The van der Waals surface area contributed by atoms with Crippen LogP contribution in [0.5, 0.6) is 0 Å². The Morgan fingerprint density at radius 1 is 1.15 bits per heavy atom. The Morgan fingerprint density at radius 3 is 2.52 bits per heavy atom. The molecule has 4 rings (SSSR count). The third-order valence-corrected chi connectivity index (χ3v) is 6.38. The number of cyclic esters (lactones) is 1. The summed E-state index contributed by atoms with van der Waals surface area (Å²) in [6.07, 6.45) is 1.10. The van der Waals surface area contributed by atoms with Crippen molar-refractivity contribution in [2.75, 3.05) is 29.9 Å². The van der Waals surface area contributed by atoms with Crippen LogP contribution >= 0.6 is 0 Å². The van der Waals surface area contributed by atoms with Gasteiger partial charge in [-0.05, 0) is 30.0 Å². The lowest BCUT2D eigenvalue weighted by molar-refractivity contribution is -0.0566. The zero-order chi connectivity index (χ0) is 23.6. The SMILES string of the molecule is CC(Nc1nccc(N2C(=O)OC[C@@H]2C(C)C)n1)c1ccc(CN2CCC(F)(F)CC2)cc1. The lowest BCUT2D eigenvalue weighted by Gasteiger charge is -2.31. The molecule has 1 amide bonds. The van der Waals surface area contributed by atoms with Crippen LogP contribution in [0.1, 0.15) is 50.8 Å². The molecule has 2 aliphatic heterocycles. The Balaban J connectivity index is 1.38. The number of ether oxygens (including phenoxy) is 1. The molecule has 1 aromatic heterocycles. The lowest BCUT2D eigenvalue weighted by Crippen LogP contribution is -2.38. The number of aromatic nitrogens is 2. The van der Waals surface area contributed by atoms with Crippen LogP contribution in [0.25, 0.3) is 0 Å². The standard InChI is InChI=1S/C24H31F2N5O2/c1-16(2)20-15-33-23(32)31(20)21-8-11-27-22(29-21)28-17(3)19-6-4-18(5-7-19)14-30-12-9-24(25,26)10-13-30/h4-8,11,16-17,20H,9-10,12-15H2,1-3H3,(H,27,28,29)/t17?,20-/m1/s1. The number of nitrogens with zero attached hydrogens (tertiary/aromatic N) is 4. The molecule has 0 saturated carbocycles. The van der Waals surface area contributed by atoms with Gasteiger partial charge in [0.05, 0.1) is 12.1 Å². The van der Waals surface area contributed by atoms with Crippen molar-refractivity contribution in [3.05, 3.63) is 47.7 Å².